The number of nitrogens with two attached hydrogens (primary N) is 1. The molecular formula is C15H24N2O. The third-order valence-electron chi connectivity index (χ3n) is 3.14. The molecule has 3 nitrogen and oxygen atoms in total. The average Bonchev–Trinajstić information content (AvgIpc) is 2.34. The molecule has 0 aliphatic carbocycles. The molecule has 0 radical (unpaired) electrons. The van der Waals surface area contributed by atoms with Crippen LogP contribution in [-0.2, 0) is 10.2 Å². The summed E-state index contributed by atoms with van der Waals surface area (Å²) in [5.74, 6) is 0.0844. The largest absolute Gasteiger partial charge is 0.355 e. The van der Waals surface area contributed by atoms with Crippen LogP contribution in [0.15, 0.2) is 24.3 Å². The Bertz CT molecular complexity index is 399. The first kappa shape index (κ1) is 14.7. The topological polar surface area (TPSA) is 55.1 Å². The summed E-state index contributed by atoms with van der Waals surface area (Å²) in [7, 11) is 0. The Labute approximate surface area is 110 Å². The minimum Gasteiger partial charge on any atom is -0.355 e. The average molecular weight is 248 g/mol. The van der Waals surface area contributed by atoms with Crippen LogP contribution in [0.5, 0.6) is 0 Å². The van der Waals surface area contributed by atoms with Crippen molar-refractivity contribution < 1.29 is 4.79 Å². The standard InChI is InChI=1S/C15H24N2O/c1-12-6-4-7-13(10-12)15(2,3)11-17-14(18)8-5-9-16/h4,6-7,10H,5,8-9,11,16H2,1-3H3,(H,17,18). The summed E-state index contributed by atoms with van der Waals surface area (Å²) in [6.07, 6.45) is 1.26. The van der Waals surface area contributed by atoms with Crippen molar-refractivity contribution >= 4 is 5.91 Å². The molecule has 1 amide bonds. The Balaban J connectivity index is 2.57. The van der Waals surface area contributed by atoms with Crippen LogP contribution in [0.1, 0.15) is 37.8 Å². The maximum atomic E-state index is 11.6. The van der Waals surface area contributed by atoms with Gasteiger partial charge in [0.25, 0.3) is 0 Å². The monoisotopic (exact) mass is 248 g/mol. The number of rotatable bonds is 6. The molecule has 0 saturated carbocycles. The Hall–Kier alpha value is -1.35. The molecule has 1 aromatic rings. The van der Waals surface area contributed by atoms with Crippen LogP contribution < -0.4 is 11.1 Å². The molecule has 0 aromatic heterocycles. The van der Waals surface area contributed by atoms with Gasteiger partial charge < -0.3 is 11.1 Å². The lowest BCUT2D eigenvalue weighted by Crippen LogP contribution is -2.36. The van der Waals surface area contributed by atoms with Crippen molar-refractivity contribution in [3.8, 4) is 0 Å². The summed E-state index contributed by atoms with van der Waals surface area (Å²) in [5.41, 5.74) is 7.83. The van der Waals surface area contributed by atoms with E-state index in [9.17, 15) is 4.79 Å². The minimum absolute atomic E-state index is 0.0512. The highest BCUT2D eigenvalue weighted by atomic mass is 16.1. The lowest BCUT2D eigenvalue weighted by atomic mass is 9.84. The van der Waals surface area contributed by atoms with E-state index in [0.29, 0.717) is 19.5 Å². The normalized spacial score (nSPS) is 11.3. The first-order chi connectivity index (χ1) is 8.45. The second kappa shape index (κ2) is 6.55. The van der Waals surface area contributed by atoms with E-state index in [2.05, 4.69) is 50.4 Å². The SMILES string of the molecule is Cc1cccc(C(C)(C)CNC(=O)CCCN)c1. The van der Waals surface area contributed by atoms with Crippen molar-refractivity contribution in [3.63, 3.8) is 0 Å². The van der Waals surface area contributed by atoms with Gasteiger partial charge in [-0.1, -0.05) is 43.7 Å². The zero-order chi connectivity index (χ0) is 13.6. The van der Waals surface area contributed by atoms with Crippen LogP contribution >= 0.6 is 0 Å². The molecule has 0 fully saturated rings. The number of benzene rings is 1. The van der Waals surface area contributed by atoms with Gasteiger partial charge in [-0.15, -0.1) is 0 Å². The number of carbonyl (C=O) groups is 1. The molecule has 100 valence electrons. The van der Waals surface area contributed by atoms with E-state index in [4.69, 9.17) is 5.73 Å². The highest BCUT2D eigenvalue weighted by Gasteiger charge is 2.21. The van der Waals surface area contributed by atoms with Gasteiger partial charge in [-0.25, -0.2) is 0 Å². The predicted octanol–water partition coefficient (Wildman–Crippen LogP) is 2.13. The third-order valence-corrected chi connectivity index (χ3v) is 3.14. The van der Waals surface area contributed by atoms with Gasteiger partial charge in [0.1, 0.15) is 0 Å². The van der Waals surface area contributed by atoms with E-state index in [0.717, 1.165) is 6.42 Å². The van der Waals surface area contributed by atoms with Crippen LogP contribution in [0.4, 0.5) is 0 Å². The highest BCUT2D eigenvalue weighted by molar-refractivity contribution is 5.75. The van der Waals surface area contributed by atoms with Gasteiger partial charge >= 0.3 is 0 Å². The van der Waals surface area contributed by atoms with Gasteiger partial charge in [0, 0.05) is 18.4 Å². The van der Waals surface area contributed by atoms with E-state index in [1.807, 2.05) is 0 Å². The van der Waals surface area contributed by atoms with Crippen LogP contribution in [0, 0.1) is 6.92 Å². The van der Waals surface area contributed by atoms with Crippen molar-refractivity contribution in [3.05, 3.63) is 35.4 Å². The predicted molar refractivity (Wildman–Crippen MR) is 75.5 cm³/mol. The first-order valence-corrected chi connectivity index (χ1v) is 6.49. The maximum Gasteiger partial charge on any atom is 0.220 e. The molecule has 1 aromatic carbocycles. The number of amides is 1. The maximum absolute atomic E-state index is 11.6. The molecule has 0 atom stereocenters. The van der Waals surface area contributed by atoms with Crippen molar-refractivity contribution in [1.29, 1.82) is 0 Å². The van der Waals surface area contributed by atoms with Gasteiger partial charge in [0.15, 0.2) is 0 Å². The van der Waals surface area contributed by atoms with Gasteiger partial charge in [-0.05, 0) is 25.5 Å². The molecule has 0 aliphatic heterocycles. The van der Waals surface area contributed by atoms with Gasteiger partial charge in [-0.3, -0.25) is 4.79 Å². The van der Waals surface area contributed by atoms with E-state index < -0.39 is 0 Å². The van der Waals surface area contributed by atoms with E-state index in [-0.39, 0.29) is 11.3 Å². The molecule has 0 spiro atoms. The number of carbonyl (C=O) groups excluding carboxylic acids is 1. The summed E-state index contributed by atoms with van der Waals surface area (Å²) in [4.78, 5) is 11.6. The fourth-order valence-corrected chi connectivity index (χ4v) is 1.84. The third kappa shape index (κ3) is 4.49. The molecule has 0 bridgehead atoms. The summed E-state index contributed by atoms with van der Waals surface area (Å²) in [6, 6.07) is 8.42. The number of hydrogen-bond donors (Lipinski definition) is 2. The van der Waals surface area contributed by atoms with Crippen LogP contribution in [0.25, 0.3) is 0 Å². The lowest BCUT2D eigenvalue weighted by Gasteiger charge is -2.26. The number of nitrogens with one attached hydrogen (secondary N) is 1. The van der Waals surface area contributed by atoms with Gasteiger partial charge in [-0.2, -0.15) is 0 Å². The summed E-state index contributed by atoms with van der Waals surface area (Å²) >= 11 is 0. The van der Waals surface area contributed by atoms with Crippen molar-refractivity contribution in [2.45, 2.75) is 39.0 Å². The minimum atomic E-state index is -0.0512. The molecule has 0 heterocycles. The summed E-state index contributed by atoms with van der Waals surface area (Å²) in [5, 5.41) is 2.98. The zero-order valence-electron chi connectivity index (χ0n) is 11.6. The van der Waals surface area contributed by atoms with E-state index in [1.165, 1.54) is 11.1 Å². The molecule has 0 aliphatic rings. The second-order valence-electron chi connectivity index (χ2n) is 5.42. The molecule has 0 unspecified atom stereocenters. The Morgan fingerprint density at radius 3 is 2.72 bits per heavy atom. The fraction of sp³-hybridized carbons (Fsp3) is 0.533. The van der Waals surface area contributed by atoms with Crippen LogP contribution in [0.3, 0.4) is 0 Å². The van der Waals surface area contributed by atoms with Crippen molar-refractivity contribution in [1.82, 2.24) is 5.32 Å². The lowest BCUT2D eigenvalue weighted by molar-refractivity contribution is -0.121. The molecule has 1 rings (SSSR count). The molecule has 3 N–H and O–H groups in total. The molecular weight excluding hydrogens is 224 g/mol. The van der Waals surface area contributed by atoms with Crippen molar-refractivity contribution in [2.24, 2.45) is 5.73 Å². The second-order valence-corrected chi connectivity index (χ2v) is 5.42. The Morgan fingerprint density at radius 2 is 2.11 bits per heavy atom. The van der Waals surface area contributed by atoms with Crippen LogP contribution in [-0.4, -0.2) is 19.0 Å². The molecule has 3 heteroatoms. The Morgan fingerprint density at radius 1 is 1.39 bits per heavy atom. The van der Waals surface area contributed by atoms with Crippen molar-refractivity contribution in [2.75, 3.05) is 13.1 Å². The van der Waals surface area contributed by atoms with Gasteiger partial charge in [0.2, 0.25) is 5.91 Å². The van der Waals surface area contributed by atoms with Crippen LogP contribution in [0.2, 0.25) is 0 Å². The smallest absolute Gasteiger partial charge is 0.220 e. The number of hydrogen-bond acceptors (Lipinski definition) is 2. The Kier molecular flexibility index (Phi) is 5.35. The summed E-state index contributed by atoms with van der Waals surface area (Å²) in [6.45, 7) is 7.59. The highest BCUT2D eigenvalue weighted by Crippen LogP contribution is 2.22. The number of aryl methyl sites for hydroxylation is 1. The van der Waals surface area contributed by atoms with Gasteiger partial charge in [0.05, 0.1) is 0 Å². The summed E-state index contributed by atoms with van der Waals surface area (Å²) < 4.78 is 0. The zero-order valence-corrected chi connectivity index (χ0v) is 11.6. The molecule has 18 heavy (non-hydrogen) atoms. The van der Waals surface area contributed by atoms with E-state index in [1.54, 1.807) is 0 Å². The fourth-order valence-electron chi connectivity index (χ4n) is 1.84. The first-order valence-electron chi connectivity index (χ1n) is 6.49. The quantitative estimate of drug-likeness (QED) is 0.810. The molecule has 0 saturated heterocycles. The van der Waals surface area contributed by atoms with E-state index >= 15 is 0 Å².